The first-order valence-corrected chi connectivity index (χ1v) is 8.11. The summed E-state index contributed by atoms with van der Waals surface area (Å²) < 4.78 is 0. The van der Waals surface area contributed by atoms with E-state index in [1.54, 1.807) is 23.7 Å². The largest absolute Gasteiger partial charge is 0.378 e. The van der Waals surface area contributed by atoms with Gasteiger partial charge in [0, 0.05) is 33.4 Å². The third kappa shape index (κ3) is 5.06. The molecule has 0 unspecified atom stereocenters. The summed E-state index contributed by atoms with van der Waals surface area (Å²) in [4.78, 5) is 15.9. The average molecular weight is 295 g/mol. The number of nitrogens with two attached hydrogens (primary N) is 1. The van der Waals surface area contributed by atoms with E-state index in [-0.39, 0.29) is 5.91 Å². The van der Waals surface area contributed by atoms with Crippen molar-refractivity contribution in [2.24, 2.45) is 5.73 Å². The molecule has 1 amide bonds. The smallest absolute Gasteiger partial charge is 0.239 e. The minimum absolute atomic E-state index is 0.00994. The van der Waals surface area contributed by atoms with Crippen molar-refractivity contribution in [1.29, 1.82) is 0 Å². The monoisotopic (exact) mass is 295 g/mol. The maximum absolute atomic E-state index is 12.1. The van der Waals surface area contributed by atoms with Crippen LogP contribution in [-0.4, -0.2) is 50.0 Å². The Bertz CT molecular complexity index is 420. The summed E-state index contributed by atoms with van der Waals surface area (Å²) in [7, 11) is 5.83. The van der Waals surface area contributed by atoms with Crippen LogP contribution >= 0.6 is 11.8 Å². The molecule has 1 atom stereocenters. The third-order valence-corrected chi connectivity index (χ3v) is 3.84. The maximum atomic E-state index is 12.1. The second kappa shape index (κ2) is 8.17. The number of carbonyl (C=O) groups is 1. The molecule has 0 fully saturated rings. The number of likely N-dealkylation sites (N-methyl/N-ethyl adjacent to an activating group) is 1. The highest BCUT2D eigenvalue weighted by atomic mass is 32.2. The van der Waals surface area contributed by atoms with Crippen LogP contribution < -0.4 is 10.6 Å². The number of rotatable bonds is 7. The molecule has 1 aromatic rings. The van der Waals surface area contributed by atoms with Crippen molar-refractivity contribution >= 4 is 23.4 Å². The fourth-order valence-corrected chi connectivity index (χ4v) is 2.39. The number of carbonyl (C=O) groups excluding carboxylic acids is 1. The zero-order valence-electron chi connectivity index (χ0n) is 12.8. The van der Waals surface area contributed by atoms with E-state index >= 15 is 0 Å². The number of amides is 1. The summed E-state index contributed by atoms with van der Waals surface area (Å²) in [5.41, 5.74) is 8.18. The van der Waals surface area contributed by atoms with E-state index in [0.717, 1.165) is 23.4 Å². The van der Waals surface area contributed by atoms with E-state index in [9.17, 15) is 4.79 Å². The maximum Gasteiger partial charge on any atom is 0.239 e. The Kier molecular flexibility index (Phi) is 6.88. The number of hydrogen-bond acceptors (Lipinski definition) is 4. The molecule has 0 heterocycles. The van der Waals surface area contributed by atoms with E-state index in [1.165, 1.54) is 0 Å². The topological polar surface area (TPSA) is 49.6 Å². The van der Waals surface area contributed by atoms with E-state index in [2.05, 4.69) is 17.0 Å². The second-order valence-electron chi connectivity index (χ2n) is 5.14. The van der Waals surface area contributed by atoms with Gasteiger partial charge in [0.15, 0.2) is 0 Å². The Balaban J connectivity index is 2.56. The Labute approximate surface area is 126 Å². The minimum atomic E-state index is -0.395. The Morgan fingerprint density at radius 1 is 1.25 bits per heavy atom. The first kappa shape index (κ1) is 16.9. The van der Waals surface area contributed by atoms with Crippen molar-refractivity contribution < 1.29 is 4.79 Å². The van der Waals surface area contributed by atoms with Gasteiger partial charge in [-0.2, -0.15) is 11.8 Å². The van der Waals surface area contributed by atoms with Crippen LogP contribution in [0, 0.1) is 0 Å². The van der Waals surface area contributed by atoms with Crippen LogP contribution in [0.5, 0.6) is 0 Å². The van der Waals surface area contributed by atoms with E-state index in [0.29, 0.717) is 6.54 Å². The molecule has 0 spiro atoms. The molecule has 2 N–H and O–H groups in total. The summed E-state index contributed by atoms with van der Waals surface area (Å²) in [6, 6.07) is 7.82. The lowest BCUT2D eigenvalue weighted by Crippen LogP contribution is -2.41. The molecule has 0 radical (unpaired) electrons. The van der Waals surface area contributed by atoms with Gasteiger partial charge in [-0.1, -0.05) is 12.1 Å². The van der Waals surface area contributed by atoms with Crippen LogP contribution in [0.15, 0.2) is 24.3 Å². The fraction of sp³-hybridized carbons (Fsp3) is 0.533. The van der Waals surface area contributed by atoms with Gasteiger partial charge in [0.05, 0.1) is 6.04 Å². The molecular weight excluding hydrogens is 270 g/mol. The molecule has 0 aliphatic rings. The summed E-state index contributed by atoms with van der Waals surface area (Å²) in [5.74, 6) is 0.925. The lowest BCUT2D eigenvalue weighted by Gasteiger charge is -2.21. The molecular formula is C15H25N3OS. The summed E-state index contributed by atoms with van der Waals surface area (Å²) in [6.45, 7) is 0.597. The molecule has 0 saturated heterocycles. The highest BCUT2D eigenvalue weighted by Gasteiger charge is 2.17. The molecule has 0 bridgehead atoms. The van der Waals surface area contributed by atoms with Gasteiger partial charge in [0.2, 0.25) is 5.91 Å². The van der Waals surface area contributed by atoms with Crippen LogP contribution in [0.25, 0.3) is 0 Å². The number of hydrogen-bond donors (Lipinski definition) is 1. The minimum Gasteiger partial charge on any atom is -0.378 e. The molecule has 1 aromatic carbocycles. The van der Waals surface area contributed by atoms with Crippen molar-refractivity contribution in [3.8, 4) is 0 Å². The first-order valence-electron chi connectivity index (χ1n) is 6.71. The zero-order chi connectivity index (χ0) is 15.1. The summed E-state index contributed by atoms with van der Waals surface area (Å²) in [5, 5.41) is 0. The standard InChI is InChI=1S/C15H25N3OS/c1-17(2)13-7-5-12(6-8-13)11-18(3)15(19)14(16)9-10-20-4/h5-8,14H,9-11,16H2,1-4H3/t14-/m1/s1. The number of anilines is 1. The van der Waals surface area contributed by atoms with Crippen molar-refractivity contribution in [2.45, 2.75) is 19.0 Å². The number of thioether (sulfide) groups is 1. The molecule has 5 heteroatoms. The summed E-state index contributed by atoms with van der Waals surface area (Å²) in [6.07, 6.45) is 2.75. The normalized spacial score (nSPS) is 12.1. The Morgan fingerprint density at radius 2 is 1.85 bits per heavy atom. The lowest BCUT2D eigenvalue weighted by atomic mass is 10.1. The van der Waals surface area contributed by atoms with Crippen molar-refractivity contribution in [2.75, 3.05) is 38.1 Å². The molecule has 0 saturated carbocycles. The first-order chi connectivity index (χ1) is 9.45. The predicted octanol–water partition coefficient (Wildman–Crippen LogP) is 1.79. The van der Waals surface area contributed by atoms with Crippen LogP contribution in [0.3, 0.4) is 0 Å². The Hall–Kier alpha value is -1.20. The molecule has 20 heavy (non-hydrogen) atoms. The quantitative estimate of drug-likeness (QED) is 0.833. The highest BCUT2D eigenvalue weighted by molar-refractivity contribution is 7.98. The fourth-order valence-electron chi connectivity index (χ4n) is 1.90. The van der Waals surface area contributed by atoms with E-state index < -0.39 is 6.04 Å². The van der Waals surface area contributed by atoms with E-state index in [4.69, 9.17) is 5.73 Å². The molecule has 0 aliphatic heterocycles. The van der Waals surface area contributed by atoms with Crippen molar-refractivity contribution in [3.05, 3.63) is 29.8 Å². The van der Waals surface area contributed by atoms with Gasteiger partial charge in [0.25, 0.3) is 0 Å². The molecule has 4 nitrogen and oxygen atoms in total. The van der Waals surface area contributed by atoms with E-state index in [1.807, 2.05) is 32.5 Å². The number of benzene rings is 1. The van der Waals surface area contributed by atoms with Gasteiger partial charge in [-0.05, 0) is 36.1 Å². The van der Waals surface area contributed by atoms with Crippen LogP contribution in [0.1, 0.15) is 12.0 Å². The Morgan fingerprint density at radius 3 is 2.35 bits per heavy atom. The molecule has 1 rings (SSSR count). The molecule has 0 aromatic heterocycles. The molecule has 112 valence electrons. The summed E-state index contributed by atoms with van der Waals surface area (Å²) >= 11 is 1.71. The van der Waals surface area contributed by atoms with Crippen LogP contribution in [0.2, 0.25) is 0 Å². The lowest BCUT2D eigenvalue weighted by molar-refractivity contribution is -0.131. The van der Waals surface area contributed by atoms with Gasteiger partial charge in [-0.3, -0.25) is 4.79 Å². The molecule has 0 aliphatic carbocycles. The predicted molar refractivity (Wildman–Crippen MR) is 88.2 cm³/mol. The van der Waals surface area contributed by atoms with Crippen LogP contribution in [-0.2, 0) is 11.3 Å². The van der Waals surface area contributed by atoms with Gasteiger partial charge >= 0.3 is 0 Å². The van der Waals surface area contributed by atoms with Gasteiger partial charge < -0.3 is 15.5 Å². The van der Waals surface area contributed by atoms with Gasteiger partial charge in [-0.25, -0.2) is 0 Å². The zero-order valence-corrected chi connectivity index (χ0v) is 13.6. The van der Waals surface area contributed by atoms with Crippen molar-refractivity contribution in [3.63, 3.8) is 0 Å². The van der Waals surface area contributed by atoms with Crippen LogP contribution in [0.4, 0.5) is 5.69 Å². The third-order valence-electron chi connectivity index (χ3n) is 3.20. The average Bonchev–Trinajstić information content (AvgIpc) is 2.44. The SMILES string of the molecule is CSCC[C@@H](N)C(=O)N(C)Cc1ccc(N(C)C)cc1. The number of nitrogens with zero attached hydrogens (tertiary/aromatic N) is 2. The second-order valence-corrected chi connectivity index (χ2v) is 6.13. The van der Waals surface area contributed by atoms with Gasteiger partial charge in [-0.15, -0.1) is 0 Å². The van der Waals surface area contributed by atoms with Crippen molar-refractivity contribution in [1.82, 2.24) is 4.90 Å². The highest BCUT2D eigenvalue weighted by Crippen LogP contribution is 2.13. The van der Waals surface area contributed by atoms with Gasteiger partial charge in [0.1, 0.15) is 0 Å².